The van der Waals surface area contributed by atoms with E-state index in [1.165, 1.54) is 12.3 Å². The number of carbonyl (C=O) groups is 1. The molecule has 3 nitrogen and oxygen atoms in total. The third kappa shape index (κ3) is 3.38. The molecule has 0 saturated carbocycles. The number of piperidine rings is 1. The predicted molar refractivity (Wildman–Crippen MR) is 82.1 cm³/mol. The van der Waals surface area contributed by atoms with Gasteiger partial charge in [0.25, 0.3) is 5.91 Å². The monoisotopic (exact) mass is 301 g/mol. The normalized spacial score (nSPS) is 18.4. The SMILES string of the molecule is O=C(c1ccco1)N1CCCC(CCc2ccccc2F)C1. The molecular weight excluding hydrogens is 281 g/mol. The van der Waals surface area contributed by atoms with Gasteiger partial charge >= 0.3 is 0 Å². The van der Waals surface area contributed by atoms with Crippen molar-refractivity contribution in [1.82, 2.24) is 4.90 Å². The minimum Gasteiger partial charge on any atom is -0.459 e. The maximum absolute atomic E-state index is 13.7. The van der Waals surface area contributed by atoms with E-state index < -0.39 is 0 Å². The van der Waals surface area contributed by atoms with Gasteiger partial charge in [-0.3, -0.25) is 4.79 Å². The lowest BCUT2D eigenvalue weighted by atomic mass is 9.91. The molecule has 4 heteroatoms. The first-order valence-electron chi connectivity index (χ1n) is 7.80. The van der Waals surface area contributed by atoms with Crippen molar-refractivity contribution in [2.75, 3.05) is 13.1 Å². The zero-order valence-corrected chi connectivity index (χ0v) is 12.5. The van der Waals surface area contributed by atoms with Gasteiger partial charge in [-0.2, -0.15) is 0 Å². The van der Waals surface area contributed by atoms with Gasteiger partial charge in [0.1, 0.15) is 5.82 Å². The number of halogens is 1. The van der Waals surface area contributed by atoms with E-state index in [9.17, 15) is 9.18 Å². The maximum atomic E-state index is 13.7. The standard InChI is InChI=1S/C18H20FNO2/c19-16-7-2-1-6-15(16)10-9-14-5-3-11-20(13-14)18(21)17-8-4-12-22-17/h1-2,4,6-8,12,14H,3,5,9-11,13H2. The van der Waals surface area contributed by atoms with Gasteiger partial charge in [0.15, 0.2) is 5.76 Å². The second-order valence-electron chi connectivity index (χ2n) is 5.87. The molecule has 1 unspecified atom stereocenters. The van der Waals surface area contributed by atoms with Crippen molar-refractivity contribution in [3.05, 3.63) is 59.8 Å². The molecule has 0 radical (unpaired) electrons. The molecule has 3 rings (SSSR count). The molecule has 1 fully saturated rings. The van der Waals surface area contributed by atoms with Crippen LogP contribution in [0.1, 0.15) is 35.4 Å². The summed E-state index contributed by atoms with van der Waals surface area (Å²) in [6.45, 7) is 1.50. The van der Waals surface area contributed by atoms with E-state index in [1.807, 2.05) is 17.0 Å². The second-order valence-corrected chi connectivity index (χ2v) is 5.87. The highest BCUT2D eigenvalue weighted by molar-refractivity contribution is 5.91. The van der Waals surface area contributed by atoms with E-state index in [0.717, 1.165) is 44.3 Å². The maximum Gasteiger partial charge on any atom is 0.289 e. The van der Waals surface area contributed by atoms with Crippen LogP contribution in [0.4, 0.5) is 4.39 Å². The summed E-state index contributed by atoms with van der Waals surface area (Å²) in [4.78, 5) is 14.2. The van der Waals surface area contributed by atoms with Crippen molar-refractivity contribution in [3.63, 3.8) is 0 Å². The van der Waals surface area contributed by atoms with Crippen LogP contribution in [0, 0.1) is 11.7 Å². The highest BCUT2D eigenvalue weighted by Gasteiger charge is 2.25. The minimum absolute atomic E-state index is 0.0411. The Kier molecular flexibility index (Phi) is 4.56. The first kappa shape index (κ1) is 14.8. The average molecular weight is 301 g/mol. The van der Waals surface area contributed by atoms with Crippen LogP contribution in [0.5, 0.6) is 0 Å². The fourth-order valence-electron chi connectivity index (χ4n) is 3.10. The molecule has 0 aliphatic carbocycles. The predicted octanol–water partition coefficient (Wildman–Crippen LogP) is 3.90. The molecule has 1 aromatic carbocycles. The van der Waals surface area contributed by atoms with E-state index in [1.54, 1.807) is 18.2 Å². The summed E-state index contributed by atoms with van der Waals surface area (Å²) in [6.07, 6.45) is 5.24. The molecule has 116 valence electrons. The molecule has 1 aromatic heterocycles. The highest BCUT2D eigenvalue weighted by atomic mass is 19.1. The van der Waals surface area contributed by atoms with Crippen LogP contribution in [0.2, 0.25) is 0 Å². The lowest BCUT2D eigenvalue weighted by Gasteiger charge is -2.32. The Balaban J connectivity index is 1.57. The summed E-state index contributed by atoms with van der Waals surface area (Å²) >= 11 is 0. The van der Waals surface area contributed by atoms with E-state index in [-0.39, 0.29) is 11.7 Å². The molecule has 2 heterocycles. The number of furan rings is 1. The molecule has 1 atom stereocenters. The zero-order valence-electron chi connectivity index (χ0n) is 12.5. The smallest absolute Gasteiger partial charge is 0.289 e. The van der Waals surface area contributed by atoms with Gasteiger partial charge in [0, 0.05) is 13.1 Å². The summed E-state index contributed by atoms with van der Waals surface area (Å²) in [5.74, 6) is 0.643. The molecule has 1 amide bonds. The van der Waals surface area contributed by atoms with Crippen molar-refractivity contribution >= 4 is 5.91 Å². The van der Waals surface area contributed by atoms with Crippen LogP contribution in [0.25, 0.3) is 0 Å². The fourth-order valence-corrected chi connectivity index (χ4v) is 3.10. The van der Waals surface area contributed by atoms with E-state index >= 15 is 0 Å². The van der Waals surface area contributed by atoms with Crippen LogP contribution >= 0.6 is 0 Å². The largest absolute Gasteiger partial charge is 0.459 e. The molecule has 1 aliphatic heterocycles. The zero-order chi connectivity index (χ0) is 15.4. The van der Waals surface area contributed by atoms with Crippen molar-refractivity contribution in [1.29, 1.82) is 0 Å². The van der Waals surface area contributed by atoms with Gasteiger partial charge in [0.05, 0.1) is 6.26 Å². The molecule has 22 heavy (non-hydrogen) atoms. The van der Waals surface area contributed by atoms with Crippen molar-refractivity contribution < 1.29 is 13.6 Å². The van der Waals surface area contributed by atoms with Crippen molar-refractivity contribution in [2.45, 2.75) is 25.7 Å². The van der Waals surface area contributed by atoms with Crippen LogP contribution in [-0.2, 0) is 6.42 Å². The molecule has 0 spiro atoms. The third-order valence-electron chi connectivity index (χ3n) is 4.32. The summed E-state index contributed by atoms with van der Waals surface area (Å²) < 4.78 is 18.8. The quantitative estimate of drug-likeness (QED) is 0.858. The van der Waals surface area contributed by atoms with Gasteiger partial charge in [-0.05, 0) is 55.4 Å². The number of rotatable bonds is 4. The van der Waals surface area contributed by atoms with Crippen LogP contribution < -0.4 is 0 Å². The highest BCUT2D eigenvalue weighted by Crippen LogP contribution is 2.23. The molecule has 0 N–H and O–H groups in total. The Bertz CT molecular complexity index is 624. The molecule has 1 saturated heterocycles. The topological polar surface area (TPSA) is 33.5 Å². The Morgan fingerprint density at radius 1 is 1.27 bits per heavy atom. The van der Waals surface area contributed by atoms with Crippen molar-refractivity contribution in [2.24, 2.45) is 5.92 Å². The number of nitrogens with zero attached hydrogens (tertiary/aromatic N) is 1. The second kappa shape index (κ2) is 6.77. The Morgan fingerprint density at radius 3 is 2.91 bits per heavy atom. The first-order chi connectivity index (χ1) is 10.7. The number of hydrogen-bond donors (Lipinski definition) is 0. The van der Waals surface area contributed by atoms with Gasteiger partial charge in [-0.25, -0.2) is 4.39 Å². The number of aryl methyl sites for hydroxylation is 1. The van der Waals surface area contributed by atoms with Gasteiger partial charge < -0.3 is 9.32 Å². The summed E-state index contributed by atoms with van der Waals surface area (Å²) in [5, 5.41) is 0. The van der Waals surface area contributed by atoms with Gasteiger partial charge in [-0.1, -0.05) is 18.2 Å². The number of amides is 1. The lowest BCUT2D eigenvalue weighted by Crippen LogP contribution is -2.39. The molecule has 0 bridgehead atoms. The Morgan fingerprint density at radius 2 is 2.14 bits per heavy atom. The van der Waals surface area contributed by atoms with Crippen LogP contribution in [-0.4, -0.2) is 23.9 Å². The van der Waals surface area contributed by atoms with E-state index in [2.05, 4.69) is 0 Å². The Labute approximate surface area is 129 Å². The average Bonchev–Trinajstić information content (AvgIpc) is 3.08. The third-order valence-corrected chi connectivity index (χ3v) is 4.32. The molecular formula is C18H20FNO2. The van der Waals surface area contributed by atoms with Gasteiger partial charge in [0.2, 0.25) is 0 Å². The van der Waals surface area contributed by atoms with Crippen molar-refractivity contribution in [3.8, 4) is 0 Å². The summed E-state index contributed by atoms with van der Waals surface area (Å²) in [5.41, 5.74) is 0.761. The number of benzene rings is 1. The summed E-state index contributed by atoms with van der Waals surface area (Å²) in [6, 6.07) is 10.3. The first-order valence-corrected chi connectivity index (χ1v) is 7.80. The number of hydrogen-bond acceptors (Lipinski definition) is 2. The fraction of sp³-hybridized carbons (Fsp3) is 0.389. The Hall–Kier alpha value is -2.10. The number of carbonyl (C=O) groups excluding carboxylic acids is 1. The van der Waals surface area contributed by atoms with Gasteiger partial charge in [-0.15, -0.1) is 0 Å². The van der Waals surface area contributed by atoms with E-state index in [0.29, 0.717) is 11.7 Å². The summed E-state index contributed by atoms with van der Waals surface area (Å²) in [7, 11) is 0. The molecule has 2 aromatic rings. The molecule has 1 aliphatic rings. The minimum atomic E-state index is -0.137. The number of likely N-dealkylation sites (tertiary alicyclic amines) is 1. The van der Waals surface area contributed by atoms with Crippen LogP contribution in [0.15, 0.2) is 47.1 Å². The lowest BCUT2D eigenvalue weighted by molar-refractivity contribution is 0.0636. The van der Waals surface area contributed by atoms with Crippen LogP contribution in [0.3, 0.4) is 0 Å². The van der Waals surface area contributed by atoms with E-state index in [4.69, 9.17) is 4.42 Å².